The number of benzene rings is 2. The molecule has 0 aliphatic carbocycles. The fourth-order valence-corrected chi connectivity index (χ4v) is 2.82. The first-order valence-corrected chi connectivity index (χ1v) is 8.11. The van der Waals surface area contributed by atoms with E-state index in [1.807, 2.05) is 39.6 Å². The molecule has 2 aromatic carbocycles. The molecule has 0 heterocycles. The molecule has 24 heavy (non-hydrogen) atoms. The Balaban J connectivity index is 2.05. The van der Waals surface area contributed by atoms with E-state index >= 15 is 0 Å². The van der Waals surface area contributed by atoms with Crippen molar-refractivity contribution < 1.29 is 9.18 Å². The number of halogens is 1. The first-order valence-electron chi connectivity index (χ1n) is 8.11. The summed E-state index contributed by atoms with van der Waals surface area (Å²) >= 11 is 0. The number of rotatable bonds is 5. The van der Waals surface area contributed by atoms with Gasteiger partial charge in [-0.15, -0.1) is 0 Å². The normalized spacial score (nSPS) is 12.3. The molecule has 1 atom stereocenters. The van der Waals surface area contributed by atoms with Crippen molar-refractivity contribution in [3.8, 4) is 0 Å². The third kappa shape index (κ3) is 4.42. The number of hydrogen-bond acceptors (Lipinski definition) is 2. The van der Waals surface area contributed by atoms with Crippen LogP contribution in [-0.2, 0) is 11.3 Å². The molecule has 3 nitrogen and oxygen atoms in total. The summed E-state index contributed by atoms with van der Waals surface area (Å²) in [4.78, 5) is 14.5. The molecular weight excluding hydrogens is 303 g/mol. The van der Waals surface area contributed by atoms with Gasteiger partial charge in [0.05, 0.1) is 6.04 Å². The molecule has 1 amide bonds. The van der Waals surface area contributed by atoms with Gasteiger partial charge in [-0.2, -0.15) is 0 Å². The van der Waals surface area contributed by atoms with E-state index < -0.39 is 0 Å². The van der Waals surface area contributed by atoms with E-state index in [-0.39, 0.29) is 17.8 Å². The predicted molar refractivity (Wildman–Crippen MR) is 96.6 cm³/mol. The maximum Gasteiger partial charge on any atom is 0.241 e. The fraction of sp³-hybridized carbons (Fsp3) is 0.350. The molecule has 0 radical (unpaired) electrons. The summed E-state index contributed by atoms with van der Waals surface area (Å²) in [5.74, 6) is -0.299. The average Bonchev–Trinajstić information content (AvgIpc) is 2.52. The second-order valence-corrected chi connectivity index (χ2v) is 6.48. The first kappa shape index (κ1) is 18.1. The standard InChI is InChI=1S/C20H25FN2O/c1-13-10-14(2)19(15(3)11-13)22-20(24)16(4)23(5)12-17-6-8-18(21)9-7-17/h6-11,16H,12H2,1-5H3,(H,22,24)/t16-/m0/s1. The third-order valence-corrected chi connectivity index (χ3v) is 4.31. The van der Waals surface area contributed by atoms with Crippen LogP contribution in [-0.4, -0.2) is 23.9 Å². The van der Waals surface area contributed by atoms with Crippen LogP contribution in [0.3, 0.4) is 0 Å². The monoisotopic (exact) mass is 328 g/mol. The van der Waals surface area contributed by atoms with Crippen LogP contribution in [0.25, 0.3) is 0 Å². The van der Waals surface area contributed by atoms with Gasteiger partial charge in [0.15, 0.2) is 0 Å². The van der Waals surface area contributed by atoms with Gasteiger partial charge in [-0.3, -0.25) is 9.69 Å². The summed E-state index contributed by atoms with van der Waals surface area (Å²) in [6, 6.07) is 10.2. The van der Waals surface area contributed by atoms with Crippen LogP contribution < -0.4 is 5.32 Å². The highest BCUT2D eigenvalue weighted by Crippen LogP contribution is 2.22. The zero-order valence-corrected chi connectivity index (χ0v) is 15.0. The van der Waals surface area contributed by atoms with Crippen LogP contribution in [0.15, 0.2) is 36.4 Å². The molecule has 2 rings (SSSR count). The van der Waals surface area contributed by atoms with Gasteiger partial charge < -0.3 is 5.32 Å². The minimum atomic E-state index is -0.296. The lowest BCUT2D eigenvalue weighted by atomic mass is 10.0. The summed E-state index contributed by atoms with van der Waals surface area (Å²) in [6.45, 7) is 8.51. The van der Waals surface area contributed by atoms with E-state index in [9.17, 15) is 9.18 Å². The van der Waals surface area contributed by atoms with Gasteiger partial charge in [-0.05, 0) is 63.6 Å². The Bertz CT molecular complexity index is 702. The van der Waals surface area contributed by atoms with Crippen molar-refractivity contribution in [2.24, 2.45) is 0 Å². The lowest BCUT2D eigenvalue weighted by Gasteiger charge is -2.25. The maximum absolute atomic E-state index is 13.0. The quantitative estimate of drug-likeness (QED) is 0.892. The van der Waals surface area contributed by atoms with Crippen molar-refractivity contribution >= 4 is 11.6 Å². The Morgan fingerprint density at radius 3 is 2.21 bits per heavy atom. The van der Waals surface area contributed by atoms with E-state index in [4.69, 9.17) is 0 Å². The highest BCUT2D eigenvalue weighted by atomic mass is 19.1. The summed E-state index contributed by atoms with van der Waals surface area (Å²) < 4.78 is 13.0. The van der Waals surface area contributed by atoms with Gasteiger partial charge in [-0.1, -0.05) is 29.8 Å². The second-order valence-electron chi connectivity index (χ2n) is 6.48. The predicted octanol–water partition coefficient (Wildman–Crippen LogP) is 4.21. The molecule has 0 unspecified atom stereocenters. The Morgan fingerprint density at radius 2 is 1.67 bits per heavy atom. The zero-order chi connectivity index (χ0) is 17.9. The van der Waals surface area contributed by atoms with Crippen LogP contribution in [0.4, 0.5) is 10.1 Å². The number of likely N-dealkylation sites (N-methyl/N-ethyl adjacent to an activating group) is 1. The Hall–Kier alpha value is -2.20. The van der Waals surface area contributed by atoms with Crippen molar-refractivity contribution in [1.29, 1.82) is 0 Å². The molecule has 0 fully saturated rings. The van der Waals surface area contributed by atoms with Gasteiger partial charge in [0.1, 0.15) is 5.82 Å². The van der Waals surface area contributed by atoms with Crippen LogP contribution in [0.2, 0.25) is 0 Å². The summed E-state index contributed by atoms with van der Waals surface area (Å²) in [6.07, 6.45) is 0. The smallest absolute Gasteiger partial charge is 0.241 e. The average molecular weight is 328 g/mol. The van der Waals surface area contributed by atoms with Crippen molar-refractivity contribution in [2.75, 3.05) is 12.4 Å². The number of anilines is 1. The van der Waals surface area contributed by atoms with Gasteiger partial charge in [0.2, 0.25) is 5.91 Å². The molecule has 0 saturated heterocycles. The Morgan fingerprint density at radius 1 is 1.12 bits per heavy atom. The van der Waals surface area contributed by atoms with Crippen molar-refractivity contribution in [3.05, 3.63) is 64.5 Å². The summed E-state index contributed by atoms with van der Waals surface area (Å²) in [5.41, 5.74) is 5.17. The SMILES string of the molecule is Cc1cc(C)c(NC(=O)[C@H](C)N(C)Cc2ccc(F)cc2)c(C)c1. The van der Waals surface area contributed by atoms with E-state index in [1.54, 1.807) is 12.1 Å². The highest BCUT2D eigenvalue weighted by molar-refractivity contribution is 5.95. The Kier molecular flexibility index (Phi) is 5.73. The van der Waals surface area contributed by atoms with E-state index in [0.29, 0.717) is 6.54 Å². The zero-order valence-electron chi connectivity index (χ0n) is 15.0. The van der Waals surface area contributed by atoms with Crippen molar-refractivity contribution in [2.45, 2.75) is 40.3 Å². The van der Waals surface area contributed by atoms with E-state index in [1.165, 1.54) is 17.7 Å². The van der Waals surface area contributed by atoms with Crippen LogP contribution in [0.1, 0.15) is 29.2 Å². The molecule has 0 bridgehead atoms. The molecule has 0 aliphatic rings. The van der Waals surface area contributed by atoms with Crippen LogP contribution in [0, 0.1) is 26.6 Å². The van der Waals surface area contributed by atoms with Gasteiger partial charge >= 0.3 is 0 Å². The van der Waals surface area contributed by atoms with E-state index in [2.05, 4.69) is 17.4 Å². The number of carbonyl (C=O) groups is 1. The highest BCUT2D eigenvalue weighted by Gasteiger charge is 2.19. The fourth-order valence-electron chi connectivity index (χ4n) is 2.82. The topological polar surface area (TPSA) is 32.3 Å². The number of nitrogens with one attached hydrogen (secondary N) is 1. The van der Waals surface area contributed by atoms with E-state index in [0.717, 1.165) is 22.4 Å². The van der Waals surface area contributed by atoms with Crippen molar-refractivity contribution in [3.63, 3.8) is 0 Å². The second kappa shape index (κ2) is 7.58. The lowest BCUT2D eigenvalue weighted by molar-refractivity contribution is -0.120. The minimum Gasteiger partial charge on any atom is -0.324 e. The molecule has 0 spiro atoms. The number of hydrogen-bond donors (Lipinski definition) is 1. The molecule has 0 aromatic heterocycles. The first-order chi connectivity index (χ1) is 11.3. The van der Waals surface area contributed by atoms with Gasteiger partial charge in [0.25, 0.3) is 0 Å². The molecule has 0 saturated carbocycles. The van der Waals surface area contributed by atoms with Gasteiger partial charge in [0, 0.05) is 12.2 Å². The minimum absolute atomic E-state index is 0.0466. The molecule has 4 heteroatoms. The molecule has 2 aromatic rings. The number of aryl methyl sites for hydroxylation is 3. The lowest BCUT2D eigenvalue weighted by Crippen LogP contribution is -2.39. The number of carbonyl (C=O) groups excluding carboxylic acids is 1. The van der Waals surface area contributed by atoms with Crippen molar-refractivity contribution in [1.82, 2.24) is 4.90 Å². The van der Waals surface area contributed by atoms with Gasteiger partial charge in [-0.25, -0.2) is 4.39 Å². The van der Waals surface area contributed by atoms with Crippen LogP contribution >= 0.6 is 0 Å². The maximum atomic E-state index is 13.0. The summed E-state index contributed by atoms with van der Waals surface area (Å²) in [7, 11) is 1.89. The Labute approximate surface area is 143 Å². The number of nitrogens with zero attached hydrogens (tertiary/aromatic N) is 1. The molecule has 128 valence electrons. The number of amides is 1. The third-order valence-electron chi connectivity index (χ3n) is 4.31. The van der Waals surface area contributed by atoms with Crippen LogP contribution in [0.5, 0.6) is 0 Å². The molecule has 0 aliphatic heterocycles. The summed E-state index contributed by atoms with van der Waals surface area (Å²) in [5, 5.41) is 3.04. The molecular formula is C20H25FN2O. The largest absolute Gasteiger partial charge is 0.324 e. The molecule has 1 N–H and O–H groups in total.